The zero-order valence-corrected chi connectivity index (χ0v) is 6.75. The highest BCUT2D eigenvalue weighted by Gasteiger charge is 2.12. The molecule has 0 aromatic rings. The smallest absolute Gasteiger partial charge is 0.0893 e. The Hall–Kier alpha value is -0.600. The molecule has 58 valence electrons. The molecular formula is C7H15N3. The molecule has 0 saturated heterocycles. The first-order chi connectivity index (χ1) is 4.83. The molecule has 1 aliphatic rings. The first-order valence-electron chi connectivity index (χ1n) is 3.98. The van der Waals surface area contributed by atoms with Gasteiger partial charge in [-0.15, -0.1) is 0 Å². The highest BCUT2D eigenvalue weighted by Crippen LogP contribution is 2.08. The molecule has 1 rings (SSSR count). The second-order valence-corrected chi connectivity index (χ2v) is 2.82. The lowest BCUT2D eigenvalue weighted by atomic mass is 10.3. The highest BCUT2D eigenvalue weighted by molar-refractivity contribution is 4.67. The molecule has 1 atom stereocenters. The van der Waals surface area contributed by atoms with Gasteiger partial charge >= 0.3 is 0 Å². The second-order valence-electron chi connectivity index (χ2n) is 2.82. The van der Waals surface area contributed by atoms with Gasteiger partial charge in [0.05, 0.1) is 12.6 Å². The molecule has 3 heteroatoms. The van der Waals surface area contributed by atoms with Gasteiger partial charge in [0, 0.05) is 6.54 Å². The van der Waals surface area contributed by atoms with Crippen molar-refractivity contribution in [3.05, 3.63) is 0 Å². The normalized spacial score (nSPS) is 24.2. The molecule has 1 unspecified atom stereocenters. The molecule has 0 aromatic carbocycles. The summed E-state index contributed by atoms with van der Waals surface area (Å²) in [6.07, 6.45) is 2.46. The third-order valence-corrected chi connectivity index (χ3v) is 1.62. The second kappa shape index (κ2) is 3.54. The number of hydrogen-bond acceptors (Lipinski definition) is 3. The number of hydrogen-bond donors (Lipinski definition) is 0. The van der Waals surface area contributed by atoms with E-state index in [2.05, 4.69) is 24.2 Å². The van der Waals surface area contributed by atoms with Crippen molar-refractivity contribution >= 4 is 0 Å². The van der Waals surface area contributed by atoms with Crippen LogP contribution in [0.2, 0.25) is 0 Å². The minimum Gasteiger partial charge on any atom is -0.277 e. The molecule has 0 N–H and O–H groups in total. The summed E-state index contributed by atoms with van der Waals surface area (Å²) in [6, 6.07) is 0.414. The van der Waals surface area contributed by atoms with Crippen molar-refractivity contribution in [2.75, 3.05) is 13.1 Å². The summed E-state index contributed by atoms with van der Waals surface area (Å²) in [4.78, 5) is 0. The lowest BCUT2D eigenvalue weighted by Gasteiger charge is -2.10. The minimum absolute atomic E-state index is 0.414. The standard InChI is InChI=1S/C7H15N3/c1-3-4-5-10-6-7(2)8-9-10/h7H,3-6H2,1-2H3. The Morgan fingerprint density at radius 2 is 2.40 bits per heavy atom. The summed E-state index contributed by atoms with van der Waals surface area (Å²) in [5.74, 6) is 0. The molecular weight excluding hydrogens is 126 g/mol. The van der Waals surface area contributed by atoms with Crippen molar-refractivity contribution < 1.29 is 0 Å². The first-order valence-corrected chi connectivity index (χ1v) is 3.98. The van der Waals surface area contributed by atoms with Crippen LogP contribution in [0.5, 0.6) is 0 Å². The van der Waals surface area contributed by atoms with Gasteiger partial charge in [-0.2, -0.15) is 5.11 Å². The Morgan fingerprint density at radius 3 is 2.90 bits per heavy atom. The predicted molar refractivity (Wildman–Crippen MR) is 40.8 cm³/mol. The fourth-order valence-electron chi connectivity index (χ4n) is 1.02. The largest absolute Gasteiger partial charge is 0.277 e. The van der Waals surface area contributed by atoms with E-state index in [-0.39, 0.29) is 0 Å². The summed E-state index contributed by atoms with van der Waals surface area (Å²) in [5, 5.41) is 10.1. The van der Waals surface area contributed by atoms with Gasteiger partial charge in [0.2, 0.25) is 0 Å². The molecule has 10 heavy (non-hydrogen) atoms. The van der Waals surface area contributed by atoms with Crippen LogP contribution in [-0.2, 0) is 0 Å². The van der Waals surface area contributed by atoms with Crippen molar-refractivity contribution in [1.82, 2.24) is 5.01 Å². The lowest BCUT2D eigenvalue weighted by Crippen LogP contribution is -2.20. The average molecular weight is 141 g/mol. The zero-order chi connectivity index (χ0) is 7.40. The Balaban J connectivity index is 2.14. The van der Waals surface area contributed by atoms with E-state index < -0.39 is 0 Å². The molecule has 0 radical (unpaired) electrons. The van der Waals surface area contributed by atoms with Crippen LogP contribution in [0.4, 0.5) is 0 Å². The monoisotopic (exact) mass is 141 g/mol. The van der Waals surface area contributed by atoms with Crippen molar-refractivity contribution in [1.29, 1.82) is 0 Å². The minimum atomic E-state index is 0.414. The van der Waals surface area contributed by atoms with Gasteiger partial charge in [0.1, 0.15) is 0 Å². The summed E-state index contributed by atoms with van der Waals surface area (Å²) in [5.41, 5.74) is 0. The zero-order valence-electron chi connectivity index (χ0n) is 6.75. The van der Waals surface area contributed by atoms with E-state index in [1.807, 2.05) is 5.01 Å². The summed E-state index contributed by atoms with van der Waals surface area (Å²) >= 11 is 0. The maximum Gasteiger partial charge on any atom is 0.0893 e. The van der Waals surface area contributed by atoms with E-state index in [4.69, 9.17) is 0 Å². The van der Waals surface area contributed by atoms with E-state index in [1.54, 1.807) is 0 Å². The van der Waals surface area contributed by atoms with Crippen molar-refractivity contribution in [3.8, 4) is 0 Å². The number of rotatable bonds is 3. The van der Waals surface area contributed by atoms with Crippen molar-refractivity contribution in [2.24, 2.45) is 10.3 Å². The Kier molecular flexibility index (Phi) is 2.66. The molecule has 0 saturated carbocycles. The van der Waals surface area contributed by atoms with Gasteiger partial charge < -0.3 is 0 Å². The van der Waals surface area contributed by atoms with Gasteiger partial charge in [-0.1, -0.05) is 18.6 Å². The van der Waals surface area contributed by atoms with Gasteiger partial charge in [0.25, 0.3) is 0 Å². The van der Waals surface area contributed by atoms with Crippen LogP contribution >= 0.6 is 0 Å². The summed E-state index contributed by atoms with van der Waals surface area (Å²) in [6.45, 7) is 6.37. The van der Waals surface area contributed by atoms with E-state index in [0.29, 0.717) is 6.04 Å². The van der Waals surface area contributed by atoms with Crippen LogP contribution in [-0.4, -0.2) is 24.1 Å². The molecule has 0 bridgehead atoms. The van der Waals surface area contributed by atoms with E-state index >= 15 is 0 Å². The molecule has 3 nitrogen and oxygen atoms in total. The molecule has 0 spiro atoms. The Morgan fingerprint density at radius 1 is 1.60 bits per heavy atom. The maximum atomic E-state index is 4.02. The number of nitrogens with zero attached hydrogens (tertiary/aromatic N) is 3. The van der Waals surface area contributed by atoms with E-state index in [0.717, 1.165) is 13.1 Å². The Labute approximate surface area is 62.1 Å². The van der Waals surface area contributed by atoms with Crippen LogP contribution in [0, 0.1) is 0 Å². The molecule has 0 fully saturated rings. The predicted octanol–water partition coefficient (Wildman–Crippen LogP) is 1.86. The molecule has 0 amide bonds. The third kappa shape index (κ3) is 1.97. The van der Waals surface area contributed by atoms with E-state index in [9.17, 15) is 0 Å². The average Bonchev–Trinajstić information content (AvgIpc) is 2.31. The van der Waals surface area contributed by atoms with Crippen LogP contribution in [0.15, 0.2) is 10.3 Å². The van der Waals surface area contributed by atoms with Gasteiger partial charge in [-0.3, -0.25) is 5.01 Å². The van der Waals surface area contributed by atoms with Crippen LogP contribution in [0.25, 0.3) is 0 Å². The van der Waals surface area contributed by atoms with Gasteiger partial charge in [-0.05, 0) is 13.3 Å². The SMILES string of the molecule is CCCCN1CC(C)N=N1. The maximum absolute atomic E-state index is 4.02. The van der Waals surface area contributed by atoms with Gasteiger partial charge in [-0.25, -0.2) is 0 Å². The van der Waals surface area contributed by atoms with E-state index in [1.165, 1.54) is 12.8 Å². The van der Waals surface area contributed by atoms with Gasteiger partial charge in [0.15, 0.2) is 0 Å². The lowest BCUT2D eigenvalue weighted by molar-refractivity contribution is 0.305. The Bertz CT molecular complexity index is 122. The molecule has 0 aromatic heterocycles. The molecule has 0 aliphatic carbocycles. The summed E-state index contributed by atoms with van der Waals surface area (Å²) < 4.78 is 0. The van der Waals surface area contributed by atoms with Crippen molar-refractivity contribution in [2.45, 2.75) is 32.7 Å². The summed E-state index contributed by atoms with van der Waals surface area (Å²) in [7, 11) is 0. The molecule has 1 aliphatic heterocycles. The highest BCUT2D eigenvalue weighted by atomic mass is 15.6. The fraction of sp³-hybridized carbons (Fsp3) is 1.00. The van der Waals surface area contributed by atoms with Crippen LogP contribution in [0.1, 0.15) is 26.7 Å². The van der Waals surface area contributed by atoms with Crippen LogP contribution < -0.4 is 0 Å². The molecule has 1 heterocycles. The third-order valence-electron chi connectivity index (χ3n) is 1.62. The quantitative estimate of drug-likeness (QED) is 0.589. The number of unbranched alkanes of at least 4 members (excludes halogenated alkanes) is 1. The topological polar surface area (TPSA) is 28.0 Å². The van der Waals surface area contributed by atoms with Crippen LogP contribution in [0.3, 0.4) is 0 Å². The van der Waals surface area contributed by atoms with Crippen molar-refractivity contribution in [3.63, 3.8) is 0 Å². The fourth-order valence-corrected chi connectivity index (χ4v) is 1.02. The first kappa shape index (κ1) is 7.51.